The van der Waals surface area contributed by atoms with E-state index >= 15 is 0 Å². The van der Waals surface area contributed by atoms with Crippen LogP contribution in [0.2, 0.25) is 0 Å². The number of nitrogens with one attached hydrogen (secondary N) is 1. The third-order valence-corrected chi connectivity index (χ3v) is 5.14. The van der Waals surface area contributed by atoms with E-state index in [2.05, 4.69) is 48.1 Å². The number of amides is 1. The average molecular weight is 359 g/mol. The number of aromatic nitrogens is 1. The van der Waals surface area contributed by atoms with Crippen molar-refractivity contribution in [1.29, 1.82) is 0 Å². The molecule has 1 aromatic carbocycles. The zero-order chi connectivity index (χ0) is 17.8. The molecule has 0 aliphatic carbocycles. The molecule has 25 heavy (non-hydrogen) atoms. The molecule has 1 aliphatic rings. The summed E-state index contributed by atoms with van der Waals surface area (Å²) < 4.78 is 5.73. The zero-order valence-corrected chi connectivity index (χ0v) is 15.8. The van der Waals surface area contributed by atoms with Gasteiger partial charge in [-0.1, -0.05) is 29.8 Å². The van der Waals surface area contributed by atoms with Crippen LogP contribution in [0.5, 0.6) is 0 Å². The van der Waals surface area contributed by atoms with Crippen LogP contribution in [-0.2, 0) is 4.74 Å². The number of hydrogen-bond acceptors (Lipinski definition) is 5. The predicted octanol–water partition coefficient (Wildman–Crippen LogP) is 2.96. The molecule has 6 heteroatoms. The van der Waals surface area contributed by atoms with E-state index in [4.69, 9.17) is 4.74 Å². The minimum atomic E-state index is -0.107. The first-order valence-corrected chi connectivity index (χ1v) is 9.58. The lowest BCUT2D eigenvalue weighted by atomic mass is 10.2. The summed E-state index contributed by atoms with van der Waals surface area (Å²) in [6.45, 7) is 9.50. The van der Waals surface area contributed by atoms with Crippen LogP contribution in [0.15, 0.2) is 29.6 Å². The fourth-order valence-electron chi connectivity index (χ4n) is 3.09. The van der Waals surface area contributed by atoms with Gasteiger partial charge < -0.3 is 10.1 Å². The number of carbonyl (C=O) groups is 1. The van der Waals surface area contributed by atoms with Crippen LogP contribution < -0.4 is 5.32 Å². The first-order chi connectivity index (χ1) is 12.0. The van der Waals surface area contributed by atoms with Crippen LogP contribution >= 0.6 is 11.3 Å². The topological polar surface area (TPSA) is 54.5 Å². The van der Waals surface area contributed by atoms with Gasteiger partial charge in [-0.2, -0.15) is 0 Å². The summed E-state index contributed by atoms with van der Waals surface area (Å²) in [6, 6.07) is 8.19. The normalized spacial score (nSPS) is 21.2. The van der Waals surface area contributed by atoms with E-state index < -0.39 is 0 Å². The Morgan fingerprint density at radius 3 is 2.64 bits per heavy atom. The zero-order valence-electron chi connectivity index (χ0n) is 15.0. The molecule has 0 saturated carbocycles. The summed E-state index contributed by atoms with van der Waals surface area (Å²) in [7, 11) is 0. The summed E-state index contributed by atoms with van der Waals surface area (Å²) in [5, 5.41) is 5.67. The summed E-state index contributed by atoms with van der Waals surface area (Å²) in [4.78, 5) is 19.1. The second-order valence-electron chi connectivity index (χ2n) is 6.68. The van der Waals surface area contributed by atoms with Gasteiger partial charge in [-0.3, -0.25) is 9.69 Å². The standard InChI is InChI=1S/C19H25N3O2S/c1-13-4-6-16(7-5-13)19-21-17(12-25-19)18(23)20-8-9-22-10-14(2)24-15(3)11-22/h4-7,12,14-15H,8-11H2,1-3H3,(H,20,23). The van der Waals surface area contributed by atoms with Crippen molar-refractivity contribution in [2.24, 2.45) is 0 Å². The fourth-order valence-corrected chi connectivity index (χ4v) is 3.90. The van der Waals surface area contributed by atoms with Crippen molar-refractivity contribution in [3.63, 3.8) is 0 Å². The average Bonchev–Trinajstić information content (AvgIpc) is 3.04. The molecule has 0 spiro atoms. The van der Waals surface area contributed by atoms with Gasteiger partial charge >= 0.3 is 0 Å². The van der Waals surface area contributed by atoms with Gasteiger partial charge in [0.25, 0.3) is 5.91 Å². The summed E-state index contributed by atoms with van der Waals surface area (Å²) in [5.74, 6) is -0.107. The van der Waals surface area contributed by atoms with Gasteiger partial charge in [0.2, 0.25) is 0 Å². The van der Waals surface area contributed by atoms with E-state index in [0.29, 0.717) is 12.2 Å². The molecular weight excluding hydrogens is 334 g/mol. The lowest BCUT2D eigenvalue weighted by Gasteiger charge is -2.35. The third-order valence-electron chi connectivity index (χ3n) is 4.24. The minimum absolute atomic E-state index is 0.107. The van der Waals surface area contributed by atoms with Crippen molar-refractivity contribution in [3.8, 4) is 10.6 Å². The maximum atomic E-state index is 12.3. The first-order valence-electron chi connectivity index (χ1n) is 8.70. The maximum absolute atomic E-state index is 12.3. The summed E-state index contributed by atoms with van der Waals surface area (Å²) in [6.07, 6.45) is 0.491. The summed E-state index contributed by atoms with van der Waals surface area (Å²) >= 11 is 1.50. The maximum Gasteiger partial charge on any atom is 0.270 e. The van der Waals surface area contributed by atoms with Gasteiger partial charge in [0.15, 0.2) is 0 Å². The highest BCUT2D eigenvalue weighted by Crippen LogP contribution is 2.23. The van der Waals surface area contributed by atoms with Crippen molar-refractivity contribution >= 4 is 17.2 Å². The van der Waals surface area contributed by atoms with Gasteiger partial charge in [-0.15, -0.1) is 11.3 Å². The van der Waals surface area contributed by atoms with Crippen molar-refractivity contribution < 1.29 is 9.53 Å². The number of morpholine rings is 1. The Bertz CT molecular complexity index is 704. The Morgan fingerprint density at radius 1 is 1.28 bits per heavy atom. The number of hydrogen-bond donors (Lipinski definition) is 1. The molecule has 0 radical (unpaired) electrons. The highest BCUT2D eigenvalue weighted by molar-refractivity contribution is 7.13. The highest BCUT2D eigenvalue weighted by atomic mass is 32.1. The molecule has 3 rings (SSSR count). The van der Waals surface area contributed by atoms with Crippen molar-refractivity contribution in [2.75, 3.05) is 26.2 Å². The van der Waals surface area contributed by atoms with E-state index in [1.165, 1.54) is 16.9 Å². The van der Waals surface area contributed by atoms with Crippen molar-refractivity contribution in [1.82, 2.24) is 15.2 Å². The SMILES string of the molecule is Cc1ccc(-c2nc(C(=O)NCCN3CC(C)OC(C)C3)cs2)cc1. The molecule has 1 aromatic heterocycles. The number of carbonyl (C=O) groups excluding carboxylic acids is 1. The fraction of sp³-hybridized carbons (Fsp3) is 0.474. The largest absolute Gasteiger partial charge is 0.373 e. The van der Waals surface area contributed by atoms with Gasteiger partial charge in [-0.25, -0.2) is 4.98 Å². The van der Waals surface area contributed by atoms with Crippen LogP contribution in [0.3, 0.4) is 0 Å². The number of ether oxygens (including phenoxy) is 1. The molecule has 2 aromatic rings. The molecule has 2 unspecified atom stereocenters. The minimum Gasteiger partial charge on any atom is -0.373 e. The molecule has 1 N–H and O–H groups in total. The number of rotatable bonds is 5. The van der Waals surface area contributed by atoms with Crippen LogP contribution in [0.1, 0.15) is 29.9 Å². The predicted molar refractivity (Wildman–Crippen MR) is 101 cm³/mol. The number of aryl methyl sites for hydroxylation is 1. The van der Waals surface area contributed by atoms with E-state index in [1.54, 1.807) is 0 Å². The van der Waals surface area contributed by atoms with E-state index in [1.807, 2.05) is 17.5 Å². The molecule has 2 atom stereocenters. The Morgan fingerprint density at radius 2 is 1.96 bits per heavy atom. The molecule has 1 fully saturated rings. The number of thiazole rings is 1. The van der Waals surface area contributed by atoms with Crippen molar-refractivity contribution in [2.45, 2.75) is 33.0 Å². The third kappa shape index (κ3) is 4.87. The van der Waals surface area contributed by atoms with E-state index in [-0.39, 0.29) is 18.1 Å². The lowest BCUT2D eigenvalue weighted by molar-refractivity contribution is -0.0672. The van der Waals surface area contributed by atoms with Crippen molar-refractivity contribution in [3.05, 3.63) is 40.9 Å². The van der Waals surface area contributed by atoms with Gasteiger partial charge in [0.05, 0.1) is 12.2 Å². The van der Waals surface area contributed by atoms with Gasteiger partial charge in [-0.05, 0) is 20.8 Å². The molecule has 1 amide bonds. The van der Waals surface area contributed by atoms with Gasteiger partial charge in [0, 0.05) is 37.1 Å². The second kappa shape index (κ2) is 8.08. The second-order valence-corrected chi connectivity index (χ2v) is 7.53. The van der Waals surface area contributed by atoms with E-state index in [0.717, 1.165) is 30.2 Å². The Balaban J connectivity index is 1.51. The summed E-state index contributed by atoms with van der Waals surface area (Å²) in [5.41, 5.74) is 2.75. The Kier molecular flexibility index (Phi) is 5.83. The first kappa shape index (κ1) is 18.0. The smallest absolute Gasteiger partial charge is 0.270 e. The quantitative estimate of drug-likeness (QED) is 0.892. The number of benzene rings is 1. The molecule has 0 bridgehead atoms. The number of nitrogens with zero attached hydrogens (tertiary/aromatic N) is 2. The van der Waals surface area contributed by atoms with E-state index in [9.17, 15) is 4.79 Å². The molecular formula is C19H25N3O2S. The van der Waals surface area contributed by atoms with Gasteiger partial charge in [0.1, 0.15) is 10.7 Å². The lowest BCUT2D eigenvalue weighted by Crippen LogP contribution is -2.47. The molecule has 5 nitrogen and oxygen atoms in total. The van der Waals surface area contributed by atoms with Crippen LogP contribution in [-0.4, -0.2) is 54.2 Å². The monoisotopic (exact) mass is 359 g/mol. The Labute approximate surface area is 153 Å². The molecule has 2 heterocycles. The van der Waals surface area contributed by atoms with Crippen LogP contribution in [0.25, 0.3) is 10.6 Å². The molecule has 1 aliphatic heterocycles. The molecule has 1 saturated heterocycles. The highest BCUT2D eigenvalue weighted by Gasteiger charge is 2.21. The van der Waals surface area contributed by atoms with Crippen LogP contribution in [0, 0.1) is 6.92 Å². The van der Waals surface area contributed by atoms with Crippen LogP contribution in [0.4, 0.5) is 0 Å². The Hall–Kier alpha value is -1.76. The molecule has 134 valence electrons.